The first-order valence-corrected chi connectivity index (χ1v) is 11.2. The number of esters is 1. The van der Waals surface area contributed by atoms with Crippen molar-refractivity contribution in [1.82, 2.24) is 4.90 Å². The number of carbonyl (C=O) groups excluding carboxylic acids is 4. The molecule has 0 aromatic heterocycles. The Morgan fingerprint density at radius 1 is 0.909 bits per heavy atom. The molecule has 2 aliphatic heterocycles. The molecule has 2 aromatic carbocycles. The van der Waals surface area contributed by atoms with E-state index >= 15 is 0 Å². The molecule has 2 fully saturated rings. The molecule has 2 aromatic rings. The fraction of sp³-hybridized carbons (Fsp3) is 0.308. The van der Waals surface area contributed by atoms with Crippen molar-refractivity contribution in [2.45, 2.75) is 25.8 Å². The number of allylic oxidation sites excluding steroid dienone is 2. The third kappa shape index (κ3) is 4.06. The minimum absolute atomic E-state index is 0.0842. The van der Waals surface area contributed by atoms with E-state index in [9.17, 15) is 19.2 Å². The molecule has 2 saturated heterocycles. The summed E-state index contributed by atoms with van der Waals surface area (Å²) in [5, 5.41) is 0. The smallest absolute Gasteiger partial charge is 0.316 e. The standard InChI is InChI=1S/C26H24N2O5/c29-23-13-18(16-27(23)15-17-7-2-1-3-8-17)26(32)33-20-10-6-9-19(14-20)28-24(30)21-11-4-5-12-22(21)25(28)31/h1-10,14,18,21-22H,11-13,15-16H2/t18-,21-,22+/m1/s1. The third-order valence-corrected chi connectivity index (χ3v) is 6.57. The van der Waals surface area contributed by atoms with Gasteiger partial charge in [0.15, 0.2) is 0 Å². The van der Waals surface area contributed by atoms with Gasteiger partial charge in [0.25, 0.3) is 0 Å². The minimum Gasteiger partial charge on any atom is -0.426 e. The van der Waals surface area contributed by atoms with Crippen molar-refractivity contribution in [3.8, 4) is 5.75 Å². The van der Waals surface area contributed by atoms with Gasteiger partial charge in [0, 0.05) is 25.6 Å². The molecule has 5 rings (SSSR count). The summed E-state index contributed by atoms with van der Waals surface area (Å²) in [6.45, 7) is 0.751. The normalized spacial score (nSPS) is 24.4. The van der Waals surface area contributed by atoms with E-state index in [0.29, 0.717) is 31.6 Å². The van der Waals surface area contributed by atoms with Crippen LogP contribution in [-0.4, -0.2) is 35.1 Å². The SMILES string of the molecule is O=C(Oc1cccc(N2C(=O)[C@H]3CC=CC[C@H]3C2=O)c1)[C@@H]1CC(=O)N(Cc2ccccc2)C1. The Balaban J connectivity index is 1.26. The molecule has 3 atom stereocenters. The second kappa shape index (κ2) is 8.65. The molecule has 3 aliphatic rings. The fourth-order valence-electron chi connectivity index (χ4n) is 4.83. The van der Waals surface area contributed by atoms with Crippen LogP contribution in [0.5, 0.6) is 5.75 Å². The largest absolute Gasteiger partial charge is 0.426 e. The summed E-state index contributed by atoms with van der Waals surface area (Å²) in [7, 11) is 0. The Morgan fingerprint density at radius 3 is 2.30 bits per heavy atom. The van der Waals surface area contributed by atoms with Gasteiger partial charge in [-0.3, -0.25) is 19.2 Å². The van der Waals surface area contributed by atoms with E-state index in [1.54, 1.807) is 23.1 Å². The van der Waals surface area contributed by atoms with E-state index in [1.165, 1.54) is 11.0 Å². The summed E-state index contributed by atoms with van der Waals surface area (Å²) in [5.41, 5.74) is 1.40. The molecule has 0 unspecified atom stereocenters. The van der Waals surface area contributed by atoms with Crippen molar-refractivity contribution in [3.63, 3.8) is 0 Å². The lowest BCUT2D eigenvalue weighted by Crippen LogP contribution is -2.31. The molecule has 7 nitrogen and oxygen atoms in total. The summed E-state index contributed by atoms with van der Waals surface area (Å²) >= 11 is 0. The Kier molecular flexibility index (Phi) is 5.54. The van der Waals surface area contributed by atoms with Crippen LogP contribution in [0, 0.1) is 17.8 Å². The Hall–Kier alpha value is -3.74. The number of carbonyl (C=O) groups is 4. The predicted octanol–water partition coefficient (Wildman–Crippen LogP) is 3.10. The van der Waals surface area contributed by atoms with Gasteiger partial charge in [0.2, 0.25) is 17.7 Å². The van der Waals surface area contributed by atoms with Crippen LogP contribution in [0.1, 0.15) is 24.8 Å². The maximum absolute atomic E-state index is 12.8. The number of hydrogen-bond acceptors (Lipinski definition) is 5. The van der Waals surface area contributed by atoms with E-state index in [-0.39, 0.29) is 41.7 Å². The van der Waals surface area contributed by atoms with Crippen LogP contribution in [0.25, 0.3) is 0 Å². The Morgan fingerprint density at radius 2 is 1.61 bits per heavy atom. The lowest BCUT2D eigenvalue weighted by atomic mass is 9.85. The third-order valence-electron chi connectivity index (χ3n) is 6.57. The molecule has 3 amide bonds. The van der Waals surface area contributed by atoms with Crippen LogP contribution in [0.4, 0.5) is 5.69 Å². The van der Waals surface area contributed by atoms with Crippen LogP contribution >= 0.6 is 0 Å². The summed E-state index contributed by atoms with van der Waals surface area (Å²) in [5.74, 6) is -1.96. The van der Waals surface area contributed by atoms with Crippen LogP contribution in [0.2, 0.25) is 0 Å². The summed E-state index contributed by atoms with van der Waals surface area (Å²) in [4.78, 5) is 53.7. The van der Waals surface area contributed by atoms with Gasteiger partial charge in [-0.15, -0.1) is 0 Å². The van der Waals surface area contributed by atoms with E-state index in [4.69, 9.17) is 4.74 Å². The molecule has 33 heavy (non-hydrogen) atoms. The van der Waals surface area contributed by atoms with Crippen molar-refractivity contribution < 1.29 is 23.9 Å². The van der Waals surface area contributed by atoms with E-state index in [1.807, 2.05) is 42.5 Å². The number of likely N-dealkylation sites (tertiary alicyclic amines) is 1. The molecule has 168 valence electrons. The van der Waals surface area contributed by atoms with Gasteiger partial charge in [-0.05, 0) is 30.5 Å². The van der Waals surface area contributed by atoms with Crippen molar-refractivity contribution in [1.29, 1.82) is 0 Å². The molecule has 0 bridgehead atoms. The van der Waals surface area contributed by atoms with Crippen LogP contribution in [0.3, 0.4) is 0 Å². The highest BCUT2D eigenvalue weighted by Gasteiger charge is 2.48. The number of nitrogens with zero attached hydrogens (tertiary/aromatic N) is 2. The number of amides is 3. The van der Waals surface area contributed by atoms with Crippen molar-refractivity contribution in [3.05, 3.63) is 72.3 Å². The Labute approximate surface area is 191 Å². The Bertz CT molecular complexity index is 1120. The second-order valence-electron chi connectivity index (χ2n) is 8.75. The molecular formula is C26H24N2O5. The highest BCUT2D eigenvalue weighted by Crippen LogP contribution is 2.38. The highest BCUT2D eigenvalue weighted by molar-refractivity contribution is 6.22. The van der Waals surface area contributed by atoms with Gasteiger partial charge in [0.1, 0.15) is 5.75 Å². The molecule has 2 heterocycles. The summed E-state index contributed by atoms with van der Waals surface area (Å²) in [6.07, 6.45) is 5.12. The second-order valence-corrected chi connectivity index (χ2v) is 8.75. The maximum atomic E-state index is 12.8. The van der Waals surface area contributed by atoms with Gasteiger partial charge >= 0.3 is 5.97 Å². The number of benzene rings is 2. The topological polar surface area (TPSA) is 84.0 Å². The highest BCUT2D eigenvalue weighted by atomic mass is 16.5. The molecule has 0 spiro atoms. The quantitative estimate of drug-likeness (QED) is 0.306. The lowest BCUT2D eigenvalue weighted by molar-refractivity contribution is -0.139. The van der Waals surface area contributed by atoms with Gasteiger partial charge in [-0.25, -0.2) is 4.90 Å². The zero-order chi connectivity index (χ0) is 22.9. The van der Waals surface area contributed by atoms with Crippen LogP contribution in [-0.2, 0) is 25.7 Å². The van der Waals surface area contributed by atoms with Crippen molar-refractivity contribution >= 4 is 29.4 Å². The molecule has 7 heteroatoms. The number of hydrogen-bond donors (Lipinski definition) is 0. The predicted molar refractivity (Wildman–Crippen MR) is 120 cm³/mol. The zero-order valence-electron chi connectivity index (χ0n) is 18.1. The van der Waals surface area contributed by atoms with Crippen molar-refractivity contribution in [2.75, 3.05) is 11.4 Å². The lowest BCUT2D eigenvalue weighted by Gasteiger charge is -2.17. The fourth-order valence-corrected chi connectivity index (χ4v) is 4.83. The first kappa shape index (κ1) is 21.1. The monoisotopic (exact) mass is 444 g/mol. The van der Waals surface area contributed by atoms with Gasteiger partial charge in [-0.1, -0.05) is 48.6 Å². The number of anilines is 1. The first-order chi connectivity index (χ1) is 16.0. The van der Waals surface area contributed by atoms with Gasteiger partial charge < -0.3 is 9.64 Å². The molecule has 1 aliphatic carbocycles. The van der Waals surface area contributed by atoms with E-state index < -0.39 is 11.9 Å². The van der Waals surface area contributed by atoms with Gasteiger partial charge in [-0.2, -0.15) is 0 Å². The molecule has 0 radical (unpaired) electrons. The minimum atomic E-state index is -0.561. The zero-order valence-corrected chi connectivity index (χ0v) is 18.1. The average Bonchev–Trinajstić information content (AvgIpc) is 3.32. The summed E-state index contributed by atoms with van der Waals surface area (Å²) < 4.78 is 5.56. The van der Waals surface area contributed by atoms with Gasteiger partial charge in [0.05, 0.1) is 23.4 Å². The molecule has 0 N–H and O–H groups in total. The number of ether oxygens (including phenoxy) is 1. The van der Waals surface area contributed by atoms with E-state index in [2.05, 4.69) is 0 Å². The van der Waals surface area contributed by atoms with Crippen molar-refractivity contribution in [2.24, 2.45) is 17.8 Å². The molecule has 0 saturated carbocycles. The average molecular weight is 444 g/mol. The van der Waals surface area contributed by atoms with E-state index in [0.717, 1.165) is 5.56 Å². The number of imide groups is 1. The first-order valence-electron chi connectivity index (χ1n) is 11.2. The van der Waals surface area contributed by atoms with Crippen LogP contribution in [0.15, 0.2) is 66.7 Å². The maximum Gasteiger partial charge on any atom is 0.316 e. The van der Waals surface area contributed by atoms with Crippen LogP contribution < -0.4 is 9.64 Å². The number of fused-ring (bicyclic) bond motifs is 1. The molecular weight excluding hydrogens is 420 g/mol. The number of rotatable bonds is 5. The summed E-state index contributed by atoms with van der Waals surface area (Å²) in [6, 6.07) is 16.1.